The third-order valence-corrected chi connectivity index (χ3v) is 5.93. The maximum atomic E-state index is 6.00. The van der Waals surface area contributed by atoms with Crippen LogP contribution in [0.25, 0.3) is 11.0 Å². The highest BCUT2D eigenvalue weighted by atomic mass is 16.5. The summed E-state index contributed by atoms with van der Waals surface area (Å²) in [5.74, 6) is 2.17. The number of ether oxygens (including phenoxy) is 1. The normalized spacial score (nSPS) is 15.7. The summed E-state index contributed by atoms with van der Waals surface area (Å²) in [6, 6.07) is 14.9. The zero-order valence-corrected chi connectivity index (χ0v) is 18.6. The van der Waals surface area contributed by atoms with Crippen LogP contribution in [0.15, 0.2) is 42.5 Å². The Morgan fingerprint density at radius 1 is 0.933 bits per heavy atom. The quantitative estimate of drug-likeness (QED) is 0.524. The van der Waals surface area contributed by atoms with E-state index in [1.807, 2.05) is 0 Å². The van der Waals surface area contributed by atoms with Gasteiger partial charge in [0.2, 0.25) is 0 Å². The summed E-state index contributed by atoms with van der Waals surface area (Å²) in [5, 5.41) is 0. The van der Waals surface area contributed by atoms with Crippen LogP contribution in [0.3, 0.4) is 0 Å². The maximum absolute atomic E-state index is 6.00. The number of nitrogens with zero attached hydrogens (tertiary/aromatic N) is 4. The standard InChI is InChI=1S/C25H34N4O/c1-20-16-21(2)18-22(17-20)30-15-7-6-10-29-24-9-5-4-8-23(24)26-25(29)19-28-13-11-27(3)12-14-28/h4-5,8-9,16-18H,6-7,10-15,19H2,1-3H3. The van der Waals surface area contributed by atoms with Crippen LogP contribution in [0.4, 0.5) is 0 Å². The molecular formula is C25H34N4O. The Labute approximate surface area is 180 Å². The third kappa shape index (κ3) is 5.21. The Hall–Kier alpha value is -2.37. The molecule has 1 fully saturated rings. The number of hydrogen-bond donors (Lipinski definition) is 0. The number of benzene rings is 2. The molecule has 1 aliphatic heterocycles. The number of rotatable bonds is 8. The molecule has 0 aliphatic carbocycles. The van der Waals surface area contributed by atoms with Gasteiger partial charge in [-0.05, 0) is 69.1 Å². The molecule has 30 heavy (non-hydrogen) atoms. The molecule has 0 spiro atoms. The van der Waals surface area contributed by atoms with Crippen LogP contribution in [0.1, 0.15) is 29.8 Å². The van der Waals surface area contributed by atoms with E-state index >= 15 is 0 Å². The number of fused-ring (bicyclic) bond motifs is 1. The molecular weight excluding hydrogens is 372 g/mol. The SMILES string of the molecule is Cc1cc(C)cc(OCCCCn2c(CN3CCN(C)CC3)nc3ccccc32)c1. The summed E-state index contributed by atoms with van der Waals surface area (Å²) in [5.41, 5.74) is 4.86. The van der Waals surface area contributed by atoms with Gasteiger partial charge in [0.05, 0.1) is 24.2 Å². The van der Waals surface area contributed by atoms with Gasteiger partial charge in [0.25, 0.3) is 0 Å². The minimum Gasteiger partial charge on any atom is -0.494 e. The zero-order chi connectivity index (χ0) is 20.9. The van der Waals surface area contributed by atoms with Crippen molar-refractivity contribution in [2.24, 2.45) is 0 Å². The van der Waals surface area contributed by atoms with Gasteiger partial charge in [-0.15, -0.1) is 0 Å². The van der Waals surface area contributed by atoms with Gasteiger partial charge in [0.1, 0.15) is 11.6 Å². The molecule has 2 heterocycles. The Morgan fingerprint density at radius 2 is 1.67 bits per heavy atom. The molecule has 1 saturated heterocycles. The fraction of sp³-hybridized carbons (Fsp3) is 0.480. The van der Waals surface area contributed by atoms with Crippen molar-refractivity contribution in [3.63, 3.8) is 0 Å². The van der Waals surface area contributed by atoms with Gasteiger partial charge in [-0.1, -0.05) is 18.2 Å². The number of imidazole rings is 1. The van der Waals surface area contributed by atoms with E-state index in [9.17, 15) is 0 Å². The number of aryl methyl sites for hydroxylation is 3. The monoisotopic (exact) mass is 406 g/mol. The van der Waals surface area contributed by atoms with E-state index in [-0.39, 0.29) is 0 Å². The van der Waals surface area contributed by atoms with Gasteiger partial charge in [-0.3, -0.25) is 4.90 Å². The third-order valence-electron chi connectivity index (χ3n) is 5.93. The maximum Gasteiger partial charge on any atom is 0.124 e. The number of likely N-dealkylation sites (N-methyl/N-ethyl adjacent to an activating group) is 1. The van der Waals surface area contributed by atoms with E-state index in [2.05, 4.69) is 77.7 Å². The minimum absolute atomic E-state index is 0.753. The van der Waals surface area contributed by atoms with Gasteiger partial charge in [-0.2, -0.15) is 0 Å². The molecule has 0 saturated carbocycles. The Balaban J connectivity index is 1.36. The summed E-state index contributed by atoms with van der Waals surface area (Å²) >= 11 is 0. The molecule has 0 radical (unpaired) electrons. The molecule has 1 aromatic heterocycles. The van der Waals surface area contributed by atoms with Crippen LogP contribution >= 0.6 is 0 Å². The van der Waals surface area contributed by atoms with Crippen molar-refractivity contribution < 1.29 is 4.74 Å². The van der Waals surface area contributed by atoms with E-state index in [0.29, 0.717) is 0 Å². The zero-order valence-electron chi connectivity index (χ0n) is 18.6. The van der Waals surface area contributed by atoms with Crippen molar-refractivity contribution in [2.45, 2.75) is 39.8 Å². The molecule has 0 N–H and O–H groups in total. The number of para-hydroxylation sites is 2. The van der Waals surface area contributed by atoms with Gasteiger partial charge in [-0.25, -0.2) is 4.98 Å². The predicted molar refractivity (Wildman–Crippen MR) is 123 cm³/mol. The lowest BCUT2D eigenvalue weighted by Crippen LogP contribution is -2.44. The number of piperazine rings is 1. The van der Waals surface area contributed by atoms with Crippen molar-refractivity contribution in [2.75, 3.05) is 39.8 Å². The van der Waals surface area contributed by atoms with Crippen molar-refractivity contribution in [3.05, 3.63) is 59.4 Å². The molecule has 0 atom stereocenters. The van der Waals surface area contributed by atoms with E-state index in [4.69, 9.17) is 9.72 Å². The van der Waals surface area contributed by atoms with Gasteiger partial charge in [0, 0.05) is 32.7 Å². The fourth-order valence-corrected chi connectivity index (χ4v) is 4.28. The summed E-state index contributed by atoms with van der Waals surface area (Å²) in [7, 11) is 2.20. The molecule has 3 aromatic rings. The summed E-state index contributed by atoms with van der Waals surface area (Å²) in [4.78, 5) is 9.89. The molecule has 0 unspecified atom stereocenters. The number of aromatic nitrogens is 2. The average Bonchev–Trinajstić information content (AvgIpc) is 3.06. The summed E-state index contributed by atoms with van der Waals surface area (Å²) in [6.45, 7) is 11.4. The fourth-order valence-electron chi connectivity index (χ4n) is 4.28. The number of unbranched alkanes of at least 4 members (excludes halogenated alkanes) is 1. The van der Waals surface area contributed by atoms with Crippen molar-refractivity contribution in [1.82, 2.24) is 19.4 Å². The second kappa shape index (κ2) is 9.63. The van der Waals surface area contributed by atoms with Crippen LogP contribution in [0.2, 0.25) is 0 Å². The number of hydrogen-bond acceptors (Lipinski definition) is 4. The van der Waals surface area contributed by atoms with E-state index < -0.39 is 0 Å². The first kappa shape index (κ1) is 20.9. The lowest BCUT2D eigenvalue weighted by Gasteiger charge is -2.32. The highest BCUT2D eigenvalue weighted by Crippen LogP contribution is 2.20. The van der Waals surface area contributed by atoms with Crippen LogP contribution in [-0.2, 0) is 13.1 Å². The first-order valence-electron chi connectivity index (χ1n) is 11.1. The summed E-state index contributed by atoms with van der Waals surface area (Å²) < 4.78 is 8.42. The highest BCUT2D eigenvalue weighted by molar-refractivity contribution is 5.75. The lowest BCUT2D eigenvalue weighted by atomic mass is 10.1. The summed E-state index contributed by atoms with van der Waals surface area (Å²) in [6.07, 6.45) is 2.12. The van der Waals surface area contributed by atoms with Crippen LogP contribution < -0.4 is 4.74 Å². The van der Waals surface area contributed by atoms with E-state index in [1.165, 1.54) is 22.5 Å². The average molecular weight is 407 g/mol. The molecule has 1 aliphatic rings. The van der Waals surface area contributed by atoms with Crippen LogP contribution in [0, 0.1) is 13.8 Å². The Kier molecular flexibility index (Phi) is 6.70. The van der Waals surface area contributed by atoms with Crippen LogP contribution in [0.5, 0.6) is 5.75 Å². The largest absolute Gasteiger partial charge is 0.494 e. The van der Waals surface area contributed by atoms with E-state index in [0.717, 1.165) is 70.0 Å². The first-order valence-corrected chi connectivity index (χ1v) is 11.1. The Bertz CT molecular complexity index is 952. The lowest BCUT2D eigenvalue weighted by molar-refractivity contribution is 0.144. The van der Waals surface area contributed by atoms with Gasteiger partial charge >= 0.3 is 0 Å². The van der Waals surface area contributed by atoms with Crippen molar-refractivity contribution >= 4 is 11.0 Å². The molecule has 0 amide bonds. The highest BCUT2D eigenvalue weighted by Gasteiger charge is 2.18. The molecule has 0 bridgehead atoms. The van der Waals surface area contributed by atoms with Gasteiger partial charge < -0.3 is 14.2 Å². The van der Waals surface area contributed by atoms with E-state index in [1.54, 1.807) is 0 Å². The van der Waals surface area contributed by atoms with Crippen LogP contribution in [-0.4, -0.2) is 59.2 Å². The molecule has 160 valence electrons. The molecule has 5 nitrogen and oxygen atoms in total. The van der Waals surface area contributed by atoms with Gasteiger partial charge in [0.15, 0.2) is 0 Å². The minimum atomic E-state index is 0.753. The molecule has 5 heteroatoms. The predicted octanol–water partition coefficient (Wildman–Crippen LogP) is 4.26. The topological polar surface area (TPSA) is 33.5 Å². The van der Waals surface area contributed by atoms with Crippen molar-refractivity contribution in [3.8, 4) is 5.75 Å². The van der Waals surface area contributed by atoms with Crippen molar-refractivity contribution in [1.29, 1.82) is 0 Å². The second-order valence-electron chi connectivity index (χ2n) is 8.63. The molecule has 4 rings (SSSR count). The first-order chi connectivity index (χ1) is 14.6. The smallest absolute Gasteiger partial charge is 0.124 e. The molecule has 2 aromatic carbocycles. The Morgan fingerprint density at radius 3 is 2.43 bits per heavy atom. The second-order valence-corrected chi connectivity index (χ2v) is 8.63.